The highest BCUT2D eigenvalue weighted by Crippen LogP contribution is 2.17. The molecule has 1 aromatic rings. The van der Waals surface area contributed by atoms with Crippen LogP contribution in [0.15, 0.2) is 28.7 Å². The van der Waals surface area contributed by atoms with E-state index in [0.717, 1.165) is 29.5 Å². The molecule has 0 atom stereocenters. The van der Waals surface area contributed by atoms with Crippen LogP contribution in [0, 0.1) is 0 Å². The number of nitrogens with one attached hydrogen (secondary N) is 1. The van der Waals surface area contributed by atoms with Crippen molar-refractivity contribution >= 4 is 21.8 Å². The van der Waals surface area contributed by atoms with Crippen LogP contribution in [-0.2, 0) is 4.79 Å². The summed E-state index contributed by atoms with van der Waals surface area (Å²) in [6.07, 6.45) is 3.21. The molecule has 0 spiro atoms. The molecule has 1 rings (SSSR count). The van der Waals surface area contributed by atoms with Crippen molar-refractivity contribution in [2.45, 2.75) is 25.7 Å². The van der Waals surface area contributed by atoms with Crippen molar-refractivity contribution in [1.29, 1.82) is 0 Å². The molecular formula is C12H17BrN2O2. The number of rotatable bonds is 7. The van der Waals surface area contributed by atoms with Gasteiger partial charge in [0.2, 0.25) is 5.91 Å². The zero-order valence-corrected chi connectivity index (χ0v) is 11.2. The minimum absolute atomic E-state index is 0.113. The predicted octanol–water partition coefficient (Wildman–Crippen LogP) is 2.38. The average molecular weight is 301 g/mol. The van der Waals surface area contributed by atoms with Crippen LogP contribution in [0.4, 0.5) is 0 Å². The van der Waals surface area contributed by atoms with Crippen LogP contribution >= 0.6 is 15.9 Å². The van der Waals surface area contributed by atoms with Gasteiger partial charge in [0.1, 0.15) is 5.75 Å². The molecule has 3 N–H and O–H groups in total. The Morgan fingerprint density at radius 2 is 2.18 bits per heavy atom. The molecule has 0 fully saturated rings. The van der Waals surface area contributed by atoms with E-state index in [-0.39, 0.29) is 5.91 Å². The van der Waals surface area contributed by atoms with Gasteiger partial charge in [-0.1, -0.05) is 22.0 Å². The molecule has 0 heterocycles. The van der Waals surface area contributed by atoms with Crippen LogP contribution in [0.3, 0.4) is 0 Å². The first-order chi connectivity index (χ1) is 8.22. The van der Waals surface area contributed by atoms with Gasteiger partial charge >= 0.3 is 0 Å². The fourth-order valence-electron chi connectivity index (χ4n) is 1.38. The lowest BCUT2D eigenvalue weighted by Gasteiger charge is -2.06. The molecule has 0 unspecified atom stereocenters. The lowest BCUT2D eigenvalue weighted by atomic mass is 10.2. The second kappa shape index (κ2) is 8.08. The van der Waals surface area contributed by atoms with Gasteiger partial charge in [-0.25, -0.2) is 5.84 Å². The van der Waals surface area contributed by atoms with Gasteiger partial charge in [0.25, 0.3) is 0 Å². The van der Waals surface area contributed by atoms with E-state index < -0.39 is 0 Å². The molecule has 5 heteroatoms. The Morgan fingerprint density at radius 1 is 1.35 bits per heavy atom. The molecule has 0 aliphatic heterocycles. The molecule has 0 radical (unpaired) electrons. The van der Waals surface area contributed by atoms with Gasteiger partial charge in [0, 0.05) is 10.9 Å². The summed E-state index contributed by atoms with van der Waals surface area (Å²) >= 11 is 3.38. The number of nitrogens with two attached hydrogens (primary N) is 1. The summed E-state index contributed by atoms with van der Waals surface area (Å²) in [7, 11) is 0. The minimum Gasteiger partial charge on any atom is -0.494 e. The van der Waals surface area contributed by atoms with Gasteiger partial charge in [-0.15, -0.1) is 0 Å². The Bertz CT molecular complexity index is 358. The molecule has 1 amide bonds. The summed E-state index contributed by atoms with van der Waals surface area (Å²) < 4.78 is 6.57. The Balaban J connectivity index is 2.06. The lowest BCUT2D eigenvalue weighted by Crippen LogP contribution is -2.29. The standard InChI is InChI=1S/C12H17BrN2O2/c13-10-5-4-6-11(9-10)17-8-3-1-2-7-12(16)15-14/h4-6,9H,1-3,7-8,14H2,(H,15,16). The summed E-state index contributed by atoms with van der Waals surface area (Å²) in [5.74, 6) is 5.72. The van der Waals surface area contributed by atoms with Gasteiger partial charge in [-0.2, -0.15) is 0 Å². The number of benzene rings is 1. The second-order valence-corrected chi connectivity index (χ2v) is 4.60. The van der Waals surface area contributed by atoms with Crippen molar-refractivity contribution in [2.24, 2.45) is 5.84 Å². The third kappa shape index (κ3) is 6.28. The predicted molar refractivity (Wildman–Crippen MR) is 70.4 cm³/mol. The maximum Gasteiger partial charge on any atom is 0.233 e. The molecule has 0 aliphatic rings. The van der Waals surface area contributed by atoms with Gasteiger partial charge in [-0.3, -0.25) is 10.2 Å². The summed E-state index contributed by atoms with van der Waals surface area (Å²) in [4.78, 5) is 10.8. The molecule has 94 valence electrons. The van der Waals surface area contributed by atoms with E-state index >= 15 is 0 Å². The number of carbonyl (C=O) groups is 1. The molecule has 17 heavy (non-hydrogen) atoms. The fourth-order valence-corrected chi connectivity index (χ4v) is 1.76. The molecule has 0 aromatic heterocycles. The average Bonchev–Trinajstić information content (AvgIpc) is 2.33. The van der Waals surface area contributed by atoms with Crippen molar-refractivity contribution in [3.8, 4) is 5.75 Å². The van der Waals surface area contributed by atoms with Crippen molar-refractivity contribution in [3.63, 3.8) is 0 Å². The number of halogens is 1. The molecule has 0 bridgehead atoms. The smallest absolute Gasteiger partial charge is 0.233 e. The molecule has 4 nitrogen and oxygen atoms in total. The van der Waals surface area contributed by atoms with Crippen LogP contribution in [0.2, 0.25) is 0 Å². The zero-order valence-electron chi connectivity index (χ0n) is 9.62. The van der Waals surface area contributed by atoms with Crippen LogP contribution in [0.5, 0.6) is 5.75 Å². The van der Waals surface area contributed by atoms with Crippen molar-refractivity contribution in [2.75, 3.05) is 6.61 Å². The van der Waals surface area contributed by atoms with Gasteiger partial charge < -0.3 is 4.74 Å². The molecule has 0 saturated heterocycles. The van der Waals surface area contributed by atoms with Crippen LogP contribution < -0.4 is 16.0 Å². The van der Waals surface area contributed by atoms with Crippen molar-refractivity contribution in [1.82, 2.24) is 5.43 Å². The maximum atomic E-state index is 10.8. The zero-order chi connectivity index (χ0) is 12.5. The van der Waals surface area contributed by atoms with E-state index in [9.17, 15) is 4.79 Å². The quantitative estimate of drug-likeness (QED) is 0.352. The summed E-state index contributed by atoms with van der Waals surface area (Å²) in [5.41, 5.74) is 2.11. The van der Waals surface area contributed by atoms with Crippen LogP contribution in [0.1, 0.15) is 25.7 Å². The largest absolute Gasteiger partial charge is 0.494 e. The topological polar surface area (TPSA) is 64.3 Å². The normalized spacial score (nSPS) is 10.0. The Hall–Kier alpha value is -1.07. The fraction of sp³-hybridized carbons (Fsp3) is 0.417. The Labute approximate surface area is 110 Å². The van der Waals surface area contributed by atoms with E-state index in [1.54, 1.807) is 0 Å². The van der Waals surface area contributed by atoms with Gasteiger partial charge in [0.15, 0.2) is 0 Å². The molecular weight excluding hydrogens is 284 g/mol. The summed E-state index contributed by atoms with van der Waals surface area (Å²) in [5, 5.41) is 0. The lowest BCUT2D eigenvalue weighted by molar-refractivity contribution is -0.121. The number of hydrogen-bond donors (Lipinski definition) is 2. The maximum absolute atomic E-state index is 10.8. The second-order valence-electron chi connectivity index (χ2n) is 3.68. The van der Waals surface area contributed by atoms with Crippen molar-refractivity contribution < 1.29 is 9.53 Å². The number of hydrogen-bond acceptors (Lipinski definition) is 3. The van der Waals surface area contributed by atoms with Gasteiger partial charge in [-0.05, 0) is 37.5 Å². The van der Waals surface area contributed by atoms with E-state index in [1.165, 1.54) is 0 Å². The van der Waals surface area contributed by atoms with E-state index in [0.29, 0.717) is 13.0 Å². The molecule has 1 aromatic carbocycles. The Morgan fingerprint density at radius 3 is 2.88 bits per heavy atom. The van der Waals surface area contributed by atoms with Crippen LogP contribution in [-0.4, -0.2) is 12.5 Å². The highest BCUT2D eigenvalue weighted by molar-refractivity contribution is 9.10. The van der Waals surface area contributed by atoms with Crippen molar-refractivity contribution in [3.05, 3.63) is 28.7 Å². The molecule has 0 saturated carbocycles. The SMILES string of the molecule is NNC(=O)CCCCCOc1cccc(Br)c1. The Kier molecular flexibility index (Phi) is 6.65. The number of ether oxygens (including phenoxy) is 1. The minimum atomic E-state index is -0.113. The third-order valence-corrected chi connectivity index (χ3v) is 2.77. The first-order valence-electron chi connectivity index (χ1n) is 5.60. The number of hydrazine groups is 1. The van der Waals surface area contributed by atoms with E-state index in [2.05, 4.69) is 21.4 Å². The van der Waals surface area contributed by atoms with E-state index in [4.69, 9.17) is 10.6 Å². The number of amides is 1. The third-order valence-electron chi connectivity index (χ3n) is 2.27. The summed E-state index contributed by atoms with van der Waals surface area (Å²) in [6.45, 7) is 0.667. The highest BCUT2D eigenvalue weighted by atomic mass is 79.9. The molecule has 0 aliphatic carbocycles. The first kappa shape index (κ1) is 14.0. The monoisotopic (exact) mass is 300 g/mol. The number of carbonyl (C=O) groups excluding carboxylic acids is 1. The van der Waals surface area contributed by atoms with Gasteiger partial charge in [0.05, 0.1) is 6.61 Å². The summed E-state index contributed by atoms with van der Waals surface area (Å²) in [6, 6.07) is 7.75. The number of unbranched alkanes of at least 4 members (excludes halogenated alkanes) is 2. The highest BCUT2D eigenvalue weighted by Gasteiger charge is 1.98. The first-order valence-corrected chi connectivity index (χ1v) is 6.39. The van der Waals surface area contributed by atoms with E-state index in [1.807, 2.05) is 24.3 Å². The van der Waals surface area contributed by atoms with Crippen LogP contribution in [0.25, 0.3) is 0 Å².